The summed E-state index contributed by atoms with van der Waals surface area (Å²) in [5.74, 6) is -0.193. The minimum absolute atomic E-state index is 0.193. The zero-order chi connectivity index (χ0) is 9.97. The van der Waals surface area contributed by atoms with Crippen LogP contribution >= 0.6 is 11.8 Å². The van der Waals surface area contributed by atoms with Gasteiger partial charge in [0.2, 0.25) is 0 Å². The van der Waals surface area contributed by atoms with E-state index < -0.39 is 0 Å². The van der Waals surface area contributed by atoms with E-state index in [0.717, 1.165) is 6.42 Å². The van der Waals surface area contributed by atoms with Crippen LogP contribution in [0, 0.1) is 0 Å². The summed E-state index contributed by atoms with van der Waals surface area (Å²) in [4.78, 5) is 12.0. The van der Waals surface area contributed by atoms with Crippen LogP contribution in [0.2, 0.25) is 0 Å². The van der Waals surface area contributed by atoms with Crippen molar-refractivity contribution in [2.24, 2.45) is 0 Å². The van der Waals surface area contributed by atoms with Gasteiger partial charge in [0.1, 0.15) is 6.61 Å². The molecular weight excluding hydrogens is 196 g/mol. The quantitative estimate of drug-likeness (QED) is 0.697. The van der Waals surface area contributed by atoms with Gasteiger partial charge in [0.05, 0.1) is 0 Å². The Bertz CT molecular complexity index is 324. The largest absolute Gasteiger partial charge is 0.465 e. The van der Waals surface area contributed by atoms with Crippen LogP contribution in [0.4, 0.5) is 0 Å². The van der Waals surface area contributed by atoms with Gasteiger partial charge in [0.25, 0.3) is 0 Å². The number of carbonyl (C=O) groups is 1. The van der Waals surface area contributed by atoms with Crippen molar-refractivity contribution in [2.45, 2.75) is 23.5 Å². The van der Waals surface area contributed by atoms with Gasteiger partial charge in [-0.3, -0.25) is 4.79 Å². The highest BCUT2D eigenvalue weighted by Gasteiger charge is 2.22. The molecule has 0 aromatic heterocycles. The minimum atomic E-state index is -0.193. The highest BCUT2D eigenvalue weighted by Crippen LogP contribution is 2.36. The van der Waals surface area contributed by atoms with Crippen LogP contribution in [0.5, 0.6) is 0 Å². The van der Waals surface area contributed by atoms with Gasteiger partial charge in [-0.2, -0.15) is 0 Å². The van der Waals surface area contributed by atoms with Crippen LogP contribution in [-0.2, 0) is 16.0 Å². The van der Waals surface area contributed by atoms with Crippen molar-refractivity contribution in [3.05, 3.63) is 29.8 Å². The Morgan fingerprint density at radius 1 is 1.57 bits per heavy atom. The Balaban J connectivity index is 1.95. The molecule has 1 atom stereocenters. The topological polar surface area (TPSA) is 26.3 Å². The zero-order valence-electron chi connectivity index (χ0n) is 8.03. The van der Waals surface area contributed by atoms with Crippen LogP contribution in [-0.4, -0.2) is 17.8 Å². The maximum absolute atomic E-state index is 10.6. The molecule has 0 radical (unpaired) electrons. The molecule has 1 aromatic rings. The molecule has 2 rings (SSSR count). The number of benzene rings is 1. The first-order valence-electron chi connectivity index (χ1n) is 4.63. The van der Waals surface area contributed by atoms with Gasteiger partial charge in [0.15, 0.2) is 0 Å². The average Bonchev–Trinajstić information content (AvgIpc) is 2.57. The number of rotatable bonds is 2. The molecule has 1 aliphatic heterocycles. The van der Waals surface area contributed by atoms with Crippen molar-refractivity contribution in [1.29, 1.82) is 0 Å². The molecular formula is C11H12O2S. The normalized spacial score (nSPS) is 19.1. The molecule has 0 saturated carbocycles. The predicted molar refractivity (Wildman–Crippen MR) is 56.4 cm³/mol. The molecule has 0 N–H and O–H groups in total. The highest BCUT2D eigenvalue weighted by atomic mass is 32.2. The van der Waals surface area contributed by atoms with Crippen molar-refractivity contribution in [3.63, 3.8) is 0 Å². The lowest BCUT2D eigenvalue weighted by molar-refractivity contribution is -0.140. The summed E-state index contributed by atoms with van der Waals surface area (Å²) in [5.41, 5.74) is 1.37. The van der Waals surface area contributed by atoms with E-state index in [1.54, 1.807) is 11.8 Å². The van der Waals surface area contributed by atoms with Crippen LogP contribution in [0.15, 0.2) is 29.2 Å². The molecule has 0 fully saturated rings. The molecule has 1 heterocycles. The number of ether oxygens (including phenoxy) is 1. The molecule has 0 spiro atoms. The van der Waals surface area contributed by atoms with E-state index >= 15 is 0 Å². The molecule has 74 valence electrons. The van der Waals surface area contributed by atoms with Gasteiger partial charge < -0.3 is 4.74 Å². The number of hydrogen-bond acceptors (Lipinski definition) is 3. The van der Waals surface area contributed by atoms with E-state index in [1.807, 2.05) is 12.1 Å². The van der Waals surface area contributed by atoms with E-state index in [1.165, 1.54) is 17.4 Å². The van der Waals surface area contributed by atoms with Crippen molar-refractivity contribution < 1.29 is 9.53 Å². The van der Waals surface area contributed by atoms with Gasteiger partial charge in [-0.25, -0.2) is 0 Å². The lowest BCUT2D eigenvalue weighted by atomic mass is 10.1. The lowest BCUT2D eigenvalue weighted by Crippen LogP contribution is -2.13. The Kier molecular flexibility index (Phi) is 2.77. The molecule has 0 aliphatic carbocycles. The lowest BCUT2D eigenvalue weighted by Gasteiger charge is -2.07. The van der Waals surface area contributed by atoms with Crippen molar-refractivity contribution >= 4 is 17.7 Å². The third-order valence-electron chi connectivity index (χ3n) is 2.19. The monoisotopic (exact) mass is 208 g/mol. The number of thioether (sulfide) groups is 1. The fourth-order valence-electron chi connectivity index (χ4n) is 1.56. The van der Waals surface area contributed by atoms with Gasteiger partial charge in [-0.05, 0) is 18.1 Å². The standard InChI is InChI=1S/C11H12O2S/c1-8(12)13-7-10-6-9-4-2-3-5-11(9)14-10/h2-5,10H,6-7H2,1H3. The molecule has 0 bridgehead atoms. The molecule has 1 aliphatic rings. The SMILES string of the molecule is CC(=O)OCC1Cc2ccccc2S1. The summed E-state index contributed by atoms with van der Waals surface area (Å²) in [7, 11) is 0. The average molecular weight is 208 g/mol. The Morgan fingerprint density at radius 3 is 3.07 bits per heavy atom. The maximum atomic E-state index is 10.6. The Labute approximate surface area is 87.6 Å². The van der Waals surface area contributed by atoms with E-state index in [0.29, 0.717) is 11.9 Å². The second-order valence-electron chi connectivity index (χ2n) is 3.35. The highest BCUT2D eigenvalue weighted by molar-refractivity contribution is 8.00. The molecule has 14 heavy (non-hydrogen) atoms. The molecule has 3 heteroatoms. The fourth-order valence-corrected chi connectivity index (χ4v) is 2.78. The second kappa shape index (κ2) is 4.05. The zero-order valence-corrected chi connectivity index (χ0v) is 8.84. The molecule has 0 saturated heterocycles. The predicted octanol–water partition coefficient (Wildman–Crippen LogP) is 2.27. The van der Waals surface area contributed by atoms with E-state index in [2.05, 4.69) is 12.1 Å². The number of hydrogen-bond donors (Lipinski definition) is 0. The fraction of sp³-hybridized carbons (Fsp3) is 0.364. The summed E-state index contributed by atoms with van der Waals surface area (Å²) in [6.45, 7) is 1.97. The van der Waals surface area contributed by atoms with E-state index in [4.69, 9.17) is 4.74 Å². The second-order valence-corrected chi connectivity index (χ2v) is 4.70. The summed E-state index contributed by atoms with van der Waals surface area (Å²) >= 11 is 1.80. The van der Waals surface area contributed by atoms with Crippen molar-refractivity contribution in [2.75, 3.05) is 6.61 Å². The van der Waals surface area contributed by atoms with Crippen molar-refractivity contribution in [1.82, 2.24) is 0 Å². The van der Waals surface area contributed by atoms with Crippen LogP contribution < -0.4 is 0 Å². The summed E-state index contributed by atoms with van der Waals surface area (Å²) < 4.78 is 5.00. The third kappa shape index (κ3) is 2.10. The molecule has 2 nitrogen and oxygen atoms in total. The number of esters is 1. The Hall–Kier alpha value is -0.960. The van der Waals surface area contributed by atoms with Gasteiger partial charge in [0, 0.05) is 17.1 Å². The first-order valence-corrected chi connectivity index (χ1v) is 5.51. The Morgan fingerprint density at radius 2 is 2.36 bits per heavy atom. The first-order chi connectivity index (χ1) is 6.75. The van der Waals surface area contributed by atoms with Crippen molar-refractivity contribution in [3.8, 4) is 0 Å². The number of carbonyl (C=O) groups excluding carboxylic acids is 1. The van der Waals surface area contributed by atoms with Crippen LogP contribution in [0.1, 0.15) is 12.5 Å². The third-order valence-corrected chi connectivity index (χ3v) is 3.47. The van der Waals surface area contributed by atoms with Gasteiger partial charge in [-0.15, -0.1) is 11.8 Å². The minimum Gasteiger partial charge on any atom is -0.465 e. The van der Waals surface area contributed by atoms with E-state index in [9.17, 15) is 4.79 Å². The summed E-state index contributed by atoms with van der Waals surface area (Å²) in [6, 6.07) is 8.34. The molecule has 1 unspecified atom stereocenters. The first kappa shape index (κ1) is 9.59. The summed E-state index contributed by atoms with van der Waals surface area (Å²) in [5, 5.41) is 0.399. The van der Waals surface area contributed by atoms with Gasteiger partial charge in [-0.1, -0.05) is 18.2 Å². The smallest absolute Gasteiger partial charge is 0.302 e. The maximum Gasteiger partial charge on any atom is 0.302 e. The van der Waals surface area contributed by atoms with Crippen LogP contribution in [0.3, 0.4) is 0 Å². The molecule has 0 amide bonds. The molecule has 1 aromatic carbocycles. The number of fused-ring (bicyclic) bond motifs is 1. The van der Waals surface area contributed by atoms with E-state index in [-0.39, 0.29) is 5.97 Å². The van der Waals surface area contributed by atoms with Crippen LogP contribution in [0.25, 0.3) is 0 Å². The van der Waals surface area contributed by atoms with Gasteiger partial charge >= 0.3 is 5.97 Å². The summed E-state index contributed by atoms with van der Waals surface area (Å²) in [6.07, 6.45) is 1.01.